The van der Waals surface area contributed by atoms with Crippen molar-refractivity contribution in [3.8, 4) is 28.4 Å². The molecule has 1 saturated heterocycles. The Bertz CT molecular complexity index is 1420. The van der Waals surface area contributed by atoms with Gasteiger partial charge in [0, 0.05) is 30.4 Å². The first kappa shape index (κ1) is 24.3. The summed E-state index contributed by atoms with van der Waals surface area (Å²) in [4.78, 5) is 33.3. The van der Waals surface area contributed by atoms with Gasteiger partial charge in [0.1, 0.15) is 6.61 Å². The average molecular weight is 501 g/mol. The molecule has 0 bridgehead atoms. The molecule has 4 heterocycles. The first-order valence-electron chi connectivity index (χ1n) is 12.2. The highest BCUT2D eigenvalue weighted by atomic mass is 16.5. The zero-order valence-corrected chi connectivity index (χ0v) is 20.5. The van der Waals surface area contributed by atoms with E-state index in [-0.39, 0.29) is 17.5 Å². The molecule has 0 spiro atoms. The number of benzene rings is 1. The Morgan fingerprint density at radius 1 is 1.16 bits per heavy atom. The summed E-state index contributed by atoms with van der Waals surface area (Å²) in [5, 5.41) is 14.7. The van der Waals surface area contributed by atoms with E-state index in [2.05, 4.69) is 30.8 Å². The van der Waals surface area contributed by atoms with Crippen LogP contribution in [0.1, 0.15) is 18.4 Å². The molecular formula is C26H28N8O3. The molecule has 2 N–H and O–H groups in total. The van der Waals surface area contributed by atoms with Gasteiger partial charge in [-0.15, -0.1) is 0 Å². The quantitative estimate of drug-likeness (QED) is 0.330. The number of amides is 1. The number of rotatable bonds is 9. The molecule has 11 nitrogen and oxygen atoms in total. The fraction of sp³-hybridized carbons (Fsp3) is 0.308. The Hall–Kier alpha value is -4.38. The van der Waals surface area contributed by atoms with Gasteiger partial charge in [-0.25, -0.2) is 14.6 Å². The first-order valence-corrected chi connectivity index (χ1v) is 12.2. The van der Waals surface area contributed by atoms with Crippen LogP contribution >= 0.6 is 0 Å². The number of hydrogen-bond donors (Lipinski definition) is 2. The zero-order valence-electron chi connectivity index (χ0n) is 20.5. The summed E-state index contributed by atoms with van der Waals surface area (Å²) in [6.07, 6.45) is 8.68. The maximum atomic E-state index is 12.4. The van der Waals surface area contributed by atoms with Gasteiger partial charge >= 0.3 is 0 Å². The molecule has 3 aromatic heterocycles. The smallest absolute Gasteiger partial charge is 0.267 e. The number of carbonyl (C=O) groups is 1. The minimum atomic E-state index is -0.188. The Morgan fingerprint density at radius 3 is 2.78 bits per heavy atom. The van der Waals surface area contributed by atoms with Gasteiger partial charge in [-0.1, -0.05) is 18.2 Å². The fourth-order valence-corrected chi connectivity index (χ4v) is 4.17. The first-order chi connectivity index (χ1) is 18.0. The van der Waals surface area contributed by atoms with Crippen LogP contribution in [0.25, 0.3) is 22.6 Å². The maximum Gasteiger partial charge on any atom is 0.267 e. The zero-order chi connectivity index (χ0) is 25.6. The van der Waals surface area contributed by atoms with E-state index in [1.54, 1.807) is 29.3 Å². The normalized spacial score (nSPS) is 15.0. The van der Waals surface area contributed by atoms with Crippen LogP contribution in [0.15, 0.2) is 66.0 Å². The van der Waals surface area contributed by atoms with E-state index in [9.17, 15) is 9.59 Å². The van der Waals surface area contributed by atoms with E-state index in [1.807, 2.05) is 37.5 Å². The lowest BCUT2D eigenvalue weighted by Crippen LogP contribution is -2.41. The molecule has 1 unspecified atom stereocenters. The number of nitrogens with zero attached hydrogens (tertiary/aromatic N) is 6. The SMILES string of the molecule is Cn1cc(-c2ccc(=O)n(Cc3cccc(-c4ncc(OCCNC(=O)C5CCCN5)cn4)c3)n2)cn1. The van der Waals surface area contributed by atoms with Crippen molar-refractivity contribution in [1.82, 2.24) is 40.2 Å². The predicted molar refractivity (Wildman–Crippen MR) is 137 cm³/mol. The molecule has 1 amide bonds. The third-order valence-corrected chi connectivity index (χ3v) is 6.06. The molecule has 0 radical (unpaired) electrons. The third-order valence-electron chi connectivity index (χ3n) is 6.06. The molecule has 1 aliphatic rings. The molecule has 190 valence electrons. The largest absolute Gasteiger partial charge is 0.489 e. The average Bonchev–Trinajstić information content (AvgIpc) is 3.61. The van der Waals surface area contributed by atoms with Gasteiger partial charge in [-0.2, -0.15) is 10.2 Å². The lowest BCUT2D eigenvalue weighted by atomic mass is 10.1. The van der Waals surface area contributed by atoms with Crippen molar-refractivity contribution in [1.29, 1.82) is 0 Å². The number of aromatic nitrogens is 6. The summed E-state index contributed by atoms with van der Waals surface area (Å²) < 4.78 is 8.79. The second-order valence-electron chi connectivity index (χ2n) is 8.85. The molecule has 1 aliphatic heterocycles. The summed E-state index contributed by atoms with van der Waals surface area (Å²) in [5.74, 6) is 1.07. The van der Waals surface area contributed by atoms with Crippen LogP contribution in [-0.2, 0) is 18.4 Å². The van der Waals surface area contributed by atoms with E-state index < -0.39 is 0 Å². The summed E-state index contributed by atoms with van der Waals surface area (Å²) in [6.45, 7) is 1.94. The van der Waals surface area contributed by atoms with Gasteiger partial charge in [0.15, 0.2) is 11.6 Å². The van der Waals surface area contributed by atoms with Crippen molar-refractivity contribution >= 4 is 5.91 Å². The molecule has 1 atom stereocenters. The Kier molecular flexibility index (Phi) is 7.31. The Labute approximate surface area is 213 Å². The van der Waals surface area contributed by atoms with Crippen LogP contribution in [0.2, 0.25) is 0 Å². The van der Waals surface area contributed by atoms with Crippen molar-refractivity contribution in [2.45, 2.75) is 25.4 Å². The van der Waals surface area contributed by atoms with E-state index >= 15 is 0 Å². The number of ether oxygens (including phenoxy) is 1. The Balaban J connectivity index is 1.20. The van der Waals surface area contributed by atoms with Gasteiger partial charge < -0.3 is 15.4 Å². The number of aryl methyl sites for hydroxylation is 1. The second kappa shape index (κ2) is 11.1. The van der Waals surface area contributed by atoms with Crippen molar-refractivity contribution in [3.05, 3.63) is 77.1 Å². The molecular weight excluding hydrogens is 472 g/mol. The monoisotopic (exact) mass is 500 g/mol. The van der Waals surface area contributed by atoms with Crippen molar-refractivity contribution in [3.63, 3.8) is 0 Å². The van der Waals surface area contributed by atoms with Crippen LogP contribution in [0.4, 0.5) is 0 Å². The van der Waals surface area contributed by atoms with Crippen LogP contribution < -0.4 is 20.9 Å². The number of carbonyl (C=O) groups excluding carboxylic acids is 1. The van der Waals surface area contributed by atoms with Gasteiger partial charge in [-0.05, 0) is 37.1 Å². The number of nitrogens with one attached hydrogen (secondary N) is 2. The van der Waals surface area contributed by atoms with Gasteiger partial charge in [-0.3, -0.25) is 14.3 Å². The fourth-order valence-electron chi connectivity index (χ4n) is 4.17. The highest BCUT2D eigenvalue weighted by molar-refractivity contribution is 5.81. The second-order valence-corrected chi connectivity index (χ2v) is 8.85. The topological polar surface area (TPSA) is 129 Å². The molecule has 0 aliphatic carbocycles. The minimum absolute atomic E-state index is 0.00819. The van der Waals surface area contributed by atoms with Gasteiger partial charge in [0.05, 0.1) is 43.4 Å². The molecule has 0 saturated carbocycles. The van der Waals surface area contributed by atoms with Crippen LogP contribution in [-0.4, -0.2) is 61.2 Å². The molecule has 1 aromatic carbocycles. The lowest BCUT2D eigenvalue weighted by molar-refractivity contribution is -0.122. The number of hydrogen-bond acceptors (Lipinski definition) is 8. The maximum absolute atomic E-state index is 12.4. The molecule has 1 fully saturated rings. The van der Waals surface area contributed by atoms with Gasteiger partial charge in [0.2, 0.25) is 5.91 Å². The van der Waals surface area contributed by atoms with Crippen LogP contribution in [0.3, 0.4) is 0 Å². The summed E-state index contributed by atoms with van der Waals surface area (Å²) in [5.41, 5.74) is 3.04. The van der Waals surface area contributed by atoms with E-state index in [4.69, 9.17) is 4.74 Å². The van der Waals surface area contributed by atoms with Crippen molar-refractivity contribution in [2.24, 2.45) is 7.05 Å². The summed E-state index contributed by atoms with van der Waals surface area (Å²) in [7, 11) is 1.83. The molecule has 37 heavy (non-hydrogen) atoms. The minimum Gasteiger partial charge on any atom is -0.489 e. The molecule has 11 heteroatoms. The lowest BCUT2D eigenvalue weighted by Gasteiger charge is -2.11. The summed E-state index contributed by atoms with van der Waals surface area (Å²) in [6, 6.07) is 10.8. The highest BCUT2D eigenvalue weighted by Gasteiger charge is 2.21. The Morgan fingerprint density at radius 2 is 2.03 bits per heavy atom. The molecule has 5 rings (SSSR count). The highest BCUT2D eigenvalue weighted by Crippen LogP contribution is 2.19. The van der Waals surface area contributed by atoms with E-state index in [1.165, 1.54) is 10.7 Å². The van der Waals surface area contributed by atoms with Gasteiger partial charge in [0.25, 0.3) is 5.56 Å². The van der Waals surface area contributed by atoms with E-state index in [0.29, 0.717) is 37.0 Å². The molecule has 4 aromatic rings. The van der Waals surface area contributed by atoms with Crippen molar-refractivity contribution < 1.29 is 9.53 Å². The third kappa shape index (κ3) is 6.07. The van der Waals surface area contributed by atoms with Crippen LogP contribution in [0, 0.1) is 0 Å². The van der Waals surface area contributed by atoms with Crippen LogP contribution in [0.5, 0.6) is 5.75 Å². The predicted octanol–water partition coefficient (Wildman–Crippen LogP) is 1.40. The summed E-state index contributed by atoms with van der Waals surface area (Å²) >= 11 is 0. The standard InChI is InChI=1S/C26H28N8O3/c1-33-17-20(13-31-33)22-7-8-24(35)34(32-22)16-18-4-2-5-19(12-18)25-29-14-21(15-30-25)37-11-10-28-26(36)23-6-3-9-27-23/h2,4-5,7-8,12-15,17,23,27H,3,6,9-11,16H2,1H3,(H,28,36). The van der Waals surface area contributed by atoms with Crippen molar-refractivity contribution in [2.75, 3.05) is 19.7 Å². The van der Waals surface area contributed by atoms with E-state index in [0.717, 1.165) is 36.1 Å².